The number of hydrogen-bond acceptors (Lipinski definition) is 1. The van der Waals surface area contributed by atoms with E-state index in [1.165, 1.54) is 23.3 Å². The molecule has 1 aliphatic heterocycles. The van der Waals surface area contributed by atoms with Crippen LogP contribution in [0.3, 0.4) is 0 Å². The smallest absolute Gasteiger partial charge is 0.123 e. The van der Waals surface area contributed by atoms with Crippen molar-refractivity contribution in [2.75, 3.05) is 6.54 Å². The molecule has 0 saturated carbocycles. The van der Waals surface area contributed by atoms with Crippen molar-refractivity contribution in [2.24, 2.45) is 0 Å². The average Bonchev–Trinajstić information content (AvgIpc) is 2.65. The predicted molar refractivity (Wildman–Crippen MR) is 59.9 cm³/mol. The molecular formula is C13H16FN. The highest BCUT2D eigenvalue weighted by Gasteiger charge is 2.16. The Morgan fingerprint density at radius 3 is 2.47 bits per heavy atom. The van der Waals surface area contributed by atoms with Gasteiger partial charge in [0.15, 0.2) is 0 Å². The molecule has 1 aromatic rings. The van der Waals surface area contributed by atoms with Gasteiger partial charge in [-0.05, 0) is 44.2 Å². The van der Waals surface area contributed by atoms with Crippen LogP contribution in [-0.2, 0) is 0 Å². The lowest BCUT2D eigenvalue weighted by molar-refractivity contribution is 0.322. The van der Waals surface area contributed by atoms with Crippen LogP contribution in [0.25, 0.3) is 0 Å². The molecule has 0 bridgehead atoms. The fourth-order valence-electron chi connectivity index (χ4n) is 1.96. The van der Waals surface area contributed by atoms with Crippen LogP contribution in [0, 0.1) is 5.82 Å². The topological polar surface area (TPSA) is 3.24 Å². The fraction of sp³-hybridized carbons (Fsp3) is 0.385. The van der Waals surface area contributed by atoms with Crippen LogP contribution in [-0.4, -0.2) is 11.4 Å². The zero-order chi connectivity index (χ0) is 10.8. The Balaban J connectivity index is 2.14. The van der Waals surface area contributed by atoms with Crippen molar-refractivity contribution in [3.05, 3.63) is 47.4 Å². The van der Waals surface area contributed by atoms with Gasteiger partial charge in [0.25, 0.3) is 0 Å². The molecule has 1 aliphatic rings. The lowest BCUT2D eigenvalue weighted by Crippen LogP contribution is -2.18. The molecule has 2 rings (SSSR count). The standard InChI is InChI=1S/C13H16FN/c1-10-7-8-15(9-10)11(2)12-3-5-13(14)6-4-12/h3-6,9,11H,7-8H2,1-2H3. The lowest BCUT2D eigenvalue weighted by atomic mass is 10.1. The molecule has 0 aliphatic carbocycles. The Morgan fingerprint density at radius 2 is 1.93 bits per heavy atom. The van der Waals surface area contributed by atoms with Crippen LogP contribution < -0.4 is 0 Å². The maximum absolute atomic E-state index is 12.8. The summed E-state index contributed by atoms with van der Waals surface area (Å²) in [5.41, 5.74) is 2.59. The number of nitrogens with zero attached hydrogens (tertiary/aromatic N) is 1. The largest absolute Gasteiger partial charge is 0.370 e. The van der Waals surface area contributed by atoms with E-state index in [0.29, 0.717) is 6.04 Å². The summed E-state index contributed by atoms with van der Waals surface area (Å²) in [6.07, 6.45) is 3.35. The summed E-state index contributed by atoms with van der Waals surface area (Å²) in [5.74, 6) is -0.168. The number of halogens is 1. The van der Waals surface area contributed by atoms with Crippen molar-refractivity contribution in [3.8, 4) is 0 Å². The molecule has 1 atom stereocenters. The van der Waals surface area contributed by atoms with Gasteiger partial charge in [0.2, 0.25) is 0 Å². The molecule has 2 heteroatoms. The van der Waals surface area contributed by atoms with E-state index >= 15 is 0 Å². The van der Waals surface area contributed by atoms with Crippen molar-refractivity contribution < 1.29 is 4.39 Å². The fourth-order valence-corrected chi connectivity index (χ4v) is 1.96. The second kappa shape index (κ2) is 4.05. The first kappa shape index (κ1) is 10.2. The first-order chi connectivity index (χ1) is 7.16. The lowest BCUT2D eigenvalue weighted by Gasteiger charge is -2.24. The number of benzene rings is 1. The maximum atomic E-state index is 12.8. The Hall–Kier alpha value is -1.31. The highest BCUT2D eigenvalue weighted by Crippen LogP contribution is 2.26. The third kappa shape index (κ3) is 2.20. The minimum Gasteiger partial charge on any atom is -0.370 e. The number of hydrogen-bond donors (Lipinski definition) is 0. The molecule has 1 aromatic carbocycles. The van der Waals surface area contributed by atoms with Crippen LogP contribution in [0.15, 0.2) is 36.0 Å². The van der Waals surface area contributed by atoms with Gasteiger partial charge in [-0.3, -0.25) is 0 Å². The first-order valence-electron chi connectivity index (χ1n) is 5.35. The van der Waals surface area contributed by atoms with E-state index in [4.69, 9.17) is 0 Å². The van der Waals surface area contributed by atoms with Crippen LogP contribution in [0.2, 0.25) is 0 Å². The average molecular weight is 205 g/mol. The van der Waals surface area contributed by atoms with Crippen molar-refractivity contribution in [1.82, 2.24) is 4.90 Å². The highest BCUT2D eigenvalue weighted by atomic mass is 19.1. The van der Waals surface area contributed by atoms with Gasteiger partial charge < -0.3 is 4.90 Å². The summed E-state index contributed by atoms with van der Waals surface area (Å²) in [7, 11) is 0. The van der Waals surface area contributed by atoms with Crippen LogP contribution in [0.4, 0.5) is 4.39 Å². The van der Waals surface area contributed by atoms with Gasteiger partial charge in [-0.25, -0.2) is 4.39 Å². The first-order valence-corrected chi connectivity index (χ1v) is 5.35. The van der Waals surface area contributed by atoms with Crippen LogP contribution in [0.1, 0.15) is 31.9 Å². The van der Waals surface area contributed by atoms with E-state index in [1.54, 1.807) is 0 Å². The summed E-state index contributed by atoms with van der Waals surface area (Å²) in [5, 5.41) is 0. The minimum atomic E-state index is -0.168. The Labute approximate surface area is 90.2 Å². The molecule has 15 heavy (non-hydrogen) atoms. The van der Waals surface area contributed by atoms with E-state index in [-0.39, 0.29) is 5.82 Å². The minimum absolute atomic E-state index is 0.168. The molecule has 0 fully saturated rings. The molecule has 0 spiro atoms. The van der Waals surface area contributed by atoms with Gasteiger partial charge in [0, 0.05) is 6.54 Å². The van der Waals surface area contributed by atoms with Gasteiger partial charge in [0.05, 0.1) is 6.04 Å². The summed E-state index contributed by atoms with van der Waals surface area (Å²) in [6.45, 7) is 5.38. The monoisotopic (exact) mass is 205 g/mol. The molecule has 1 unspecified atom stereocenters. The van der Waals surface area contributed by atoms with Crippen LogP contribution >= 0.6 is 0 Å². The van der Waals surface area contributed by atoms with Crippen molar-refractivity contribution in [1.29, 1.82) is 0 Å². The Kier molecular flexibility index (Phi) is 2.76. The molecule has 0 radical (unpaired) electrons. The zero-order valence-electron chi connectivity index (χ0n) is 9.20. The van der Waals surface area contributed by atoms with E-state index in [1.807, 2.05) is 12.1 Å². The summed E-state index contributed by atoms with van der Waals surface area (Å²) in [6, 6.07) is 7.11. The van der Waals surface area contributed by atoms with Crippen molar-refractivity contribution in [3.63, 3.8) is 0 Å². The van der Waals surface area contributed by atoms with E-state index < -0.39 is 0 Å². The Bertz CT molecular complexity index is 367. The summed E-state index contributed by atoms with van der Waals surface area (Å²) in [4.78, 5) is 2.31. The molecule has 0 N–H and O–H groups in total. The highest BCUT2D eigenvalue weighted by molar-refractivity contribution is 5.21. The SMILES string of the molecule is CC1=CN(C(C)c2ccc(F)cc2)CC1. The molecule has 0 aromatic heterocycles. The van der Waals surface area contributed by atoms with E-state index in [0.717, 1.165) is 13.0 Å². The zero-order valence-corrected chi connectivity index (χ0v) is 9.20. The van der Waals surface area contributed by atoms with Gasteiger partial charge in [-0.1, -0.05) is 17.7 Å². The second-order valence-electron chi connectivity index (χ2n) is 4.19. The molecule has 80 valence electrons. The van der Waals surface area contributed by atoms with Gasteiger partial charge in [-0.2, -0.15) is 0 Å². The molecule has 0 amide bonds. The summed E-state index contributed by atoms with van der Waals surface area (Å²) >= 11 is 0. The normalized spacial score (nSPS) is 17.8. The third-order valence-corrected chi connectivity index (χ3v) is 3.00. The van der Waals surface area contributed by atoms with Gasteiger partial charge in [-0.15, -0.1) is 0 Å². The molecule has 0 saturated heterocycles. The Morgan fingerprint density at radius 1 is 1.27 bits per heavy atom. The summed E-state index contributed by atoms with van der Waals surface area (Å²) < 4.78 is 12.8. The van der Waals surface area contributed by atoms with Crippen LogP contribution in [0.5, 0.6) is 0 Å². The molecular weight excluding hydrogens is 189 g/mol. The number of rotatable bonds is 2. The second-order valence-corrected chi connectivity index (χ2v) is 4.19. The predicted octanol–water partition coefficient (Wildman–Crippen LogP) is 3.50. The van der Waals surface area contributed by atoms with E-state index in [2.05, 4.69) is 24.9 Å². The molecule has 1 heterocycles. The van der Waals surface area contributed by atoms with Crippen molar-refractivity contribution in [2.45, 2.75) is 26.3 Å². The molecule has 1 nitrogen and oxygen atoms in total. The van der Waals surface area contributed by atoms with Gasteiger partial charge in [0.1, 0.15) is 5.82 Å². The van der Waals surface area contributed by atoms with Gasteiger partial charge >= 0.3 is 0 Å². The maximum Gasteiger partial charge on any atom is 0.123 e. The third-order valence-electron chi connectivity index (χ3n) is 3.00. The van der Waals surface area contributed by atoms with E-state index in [9.17, 15) is 4.39 Å². The van der Waals surface area contributed by atoms with Crippen molar-refractivity contribution >= 4 is 0 Å². The quantitative estimate of drug-likeness (QED) is 0.714.